The van der Waals surface area contributed by atoms with E-state index in [1.807, 2.05) is 6.07 Å². The van der Waals surface area contributed by atoms with Gasteiger partial charge in [-0.3, -0.25) is 0 Å². The number of fused-ring (bicyclic) bond motifs is 9. The molecular weight excluding hydrogens is 508 g/mol. The van der Waals surface area contributed by atoms with Gasteiger partial charge in [0.15, 0.2) is 0 Å². The Labute approximate surface area is 244 Å². The molecule has 1 heterocycles. The third-order valence-electron chi connectivity index (χ3n) is 9.47. The fraction of sp³-hybridized carbons (Fsp3) is 0.0732. The summed E-state index contributed by atoms with van der Waals surface area (Å²) in [4.78, 5) is 0. The molecule has 0 saturated carbocycles. The normalized spacial score (nSPS) is 13.7. The Morgan fingerprint density at radius 1 is 0.429 bits per heavy atom. The van der Waals surface area contributed by atoms with Crippen LogP contribution in [-0.4, -0.2) is 0 Å². The maximum absolute atomic E-state index is 6.40. The molecular formula is C41H28O. The SMILES string of the molecule is CC1(C)c2cc(-c3cc4ccccc4c4ccccc34)ccc2-c2ccc(-c3cccc4c3oc3ccccc34)cc21. The summed E-state index contributed by atoms with van der Waals surface area (Å²) in [5.74, 6) is 0. The van der Waals surface area contributed by atoms with Gasteiger partial charge in [-0.25, -0.2) is 0 Å². The van der Waals surface area contributed by atoms with E-state index in [2.05, 4.69) is 141 Å². The van der Waals surface area contributed by atoms with Crippen LogP contribution in [0.4, 0.5) is 0 Å². The monoisotopic (exact) mass is 536 g/mol. The van der Waals surface area contributed by atoms with Crippen LogP contribution in [0.25, 0.3) is 76.9 Å². The molecule has 198 valence electrons. The summed E-state index contributed by atoms with van der Waals surface area (Å²) in [6.07, 6.45) is 0. The zero-order chi connectivity index (χ0) is 28.0. The van der Waals surface area contributed by atoms with Gasteiger partial charge >= 0.3 is 0 Å². The molecule has 1 heteroatoms. The van der Waals surface area contributed by atoms with Crippen LogP contribution in [0.1, 0.15) is 25.0 Å². The number of para-hydroxylation sites is 2. The largest absolute Gasteiger partial charge is 0.455 e. The summed E-state index contributed by atoms with van der Waals surface area (Å²) in [7, 11) is 0. The summed E-state index contributed by atoms with van der Waals surface area (Å²) >= 11 is 0. The third-order valence-corrected chi connectivity index (χ3v) is 9.47. The van der Waals surface area contributed by atoms with Gasteiger partial charge in [0.05, 0.1) is 0 Å². The van der Waals surface area contributed by atoms with Gasteiger partial charge in [-0.1, -0.05) is 123 Å². The van der Waals surface area contributed by atoms with Gasteiger partial charge in [-0.05, 0) is 84.8 Å². The van der Waals surface area contributed by atoms with Crippen molar-refractivity contribution >= 4 is 43.5 Å². The zero-order valence-corrected chi connectivity index (χ0v) is 23.6. The first-order valence-corrected chi connectivity index (χ1v) is 14.7. The van der Waals surface area contributed by atoms with E-state index >= 15 is 0 Å². The van der Waals surface area contributed by atoms with Crippen LogP contribution in [0, 0.1) is 0 Å². The van der Waals surface area contributed by atoms with Crippen LogP contribution in [0.3, 0.4) is 0 Å². The van der Waals surface area contributed by atoms with E-state index in [0.29, 0.717) is 0 Å². The molecule has 0 amide bonds. The molecule has 42 heavy (non-hydrogen) atoms. The number of furan rings is 1. The van der Waals surface area contributed by atoms with Crippen molar-refractivity contribution in [3.05, 3.63) is 145 Å². The molecule has 0 spiro atoms. The predicted molar refractivity (Wildman–Crippen MR) is 177 cm³/mol. The smallest absolute Gasteiger partial charge is 0.143 e. The van der Waals surface area contributed by atoms with Crippen molar-refractivity contribution in [2.75, 3.05) is 0 Å². The van der Waals surface area contributed by atoms with Crippen molar-refractivity contribution in [1.82, 2.24) is 0 Å². The molecule has 0 N–H and O–H groups in total. The molecule has 0 saturated heterocycles. The highest BCUT2D eigenvalue weighted by molar-refractivity contribution is 6.14. The van der Waals surface area contributed by atoms with Crippen molar-refractivity contribution in [2.45, 2.75) is 19.3 Å². The fourth-order valence-corrected chi connectivity index (χ4v) is 7.34. The molecule has 1 aliphatic carbocycles. The molecule has 7 aromatic carbocycles. The summed E-state index contributed by atoms with van der Waals surface area (Å²) in [5.41, 5.74) is 12.0. The molecule has 0 aliphatic heterocycles. The lowest BCUT2D eigenvalue weighted by Gasteiger charge is -2.23. The van der Waals surface area contributed by atoms with Gasteiger partial charge in [0, 0.05) is 21.8 Å². The maximum Gasteiger partial charge on any atom is 0.143 e. The van der Waals surface area contributed by atoms with Gasteiger partial charge in [0.25, 0.3) is 0 Å². The first-order valence-electron chi connectivity index (χ1n) is 14.7. The molecule has 9 rings (SSSR count). The Balaban J connectivity index is 1.20. The number of benzene rings is 7. The lowest BCUT2D eigenvalue weighted by atomic mass is 9.80. The average molecular weight is 537 g/mol. The predicted octanol–water partition coefficient (Wildman–Crippen LogP) is 11.5. The summed E-state index contributed by atoms with van der Waals surface area (Å²) in [6, 6.07) is 48.7. The quantitative estimate of drug-likeness (QED) is 0.200. The summed E-state index contributed by atoms with van der Waals surface area (Å²) in [5, 5.41) is 7.51. The van der Waals surface area contributed by atoms with E-state index in [1.54, 1.807) is 0 Å². The standard InChI is InChI=1S/C41H28O/c1-41(2)37-23-26(29-15-9-16-35-34-14-7-8-17-39(34)42-40(29)35)18-20-32(37)33-21-19-27(24-38(33)41)36-22-25-10-3-4-11-28(25)30-12-5-6-13-31(30)36/h3-24H,1-2H3. The number of hydrogen-bond donors (Lipinski definition) is 0. The van der Waals surface area contributed by atoms with E-state index in [-0.39, 0.29) is 5.41 Å². The second-order valence-corrected chi connectivity index (χ2v) is 12.1. The highest BCUT2D eigenvalue weighted by atomic mass is 16.3. The average Bonchev–Trinajstić information content (AvgIpc) is 3.52. The Bertz CT molecular complexity index is 2380. The number of rotatable bonds is 2. The minimum absolute atomic E-state index is 0.134. The van der Waals surface area contributed by atoms with Crippen molar-refractivity contribution in [3.63, 3.8) is 0 Å². The minimum atomic E-state index is -0.134. The summed E-state index contributed by atoms with van der Waals surface area (Å²) in [6.45, 7) is 4.73. The topological polar surface area (TPSA) is 13.1 Å². The van der Waals surface area contributed by atoms with Gasteiger partial charge in [0.1, 0.15) is 11.2 Å². The van der Waals surface area contributed by atoms with E-state index in [4.69, 9.17) is 4.42 Å². The van der Waals surface area contributed by atoms with Gasteiger partial charge < -0.3 is 4.42 Å². The van der Waals surface area contributed by atoms with Gasteiger partial charge in [-0.15, -0.1) is 0 Å². The van der Waals surface area contributed by atoms with Crippen LogP contribution >= 0.6 is 0 Å². The van der Waals surface area contributed by atoms with Crippen molar-refractivity contribution in [1.29, 1.82) is 0 Å². The van der Waals surface area contributed by atoms with Gasteiger partial charge in [-0.2, -0.15) is 0 Å². The van der Waals surface area contributed by atoms with Crippen LogP contribution in [0.15, 0.2) is 138 Å². The lowest BCUT2D eigenvalue weighted by molar-refractivity contribution is 0.660. The molecule has 1 aromatic heterocycles. The van der Waals surface area contributed by atoms with E-state index in [0.717, 1.165) is 22.1 Å². The molecule has 0 radical (unpaired) electrons. The molecule has 0 atom stereocenters. The van der Waals surface area contributed by atoms with Gasteiger partial charge in [0.2, 0.25) is 0 Å². The molecule has 0 bridgehead atoms. The first-order chi connectivity index (χ1) is 20.6. The maximum atomic E-state index is 6.40. The second-order valence-electron chi connectivity index (χ2n) is 12.1. The highest BCUT2D eigenvalue weighted by Crippen LogP contribution is 2.51. The molecule has 0 fully saturated rings. The molecule has 0 unspecified atom stereocenters. The van der Waals surface area contributed by atoms with Crippen molar-refractivity contribution in [3.8, 4) is 33.4 Å². The Morgan fingerprint density at radius 2 is 1.02 bits per heavy atom. The molecule has 8 aromatic rings. The lowest BCUT2D eigenvalue weighted by Crippen LogP contribution is -2.15. The van der Waals surface area contributed by atoms with E-state index < -0.39 is 0 Å². The zero-order valence-electron chi connectivity index (χ0n) is 23.6. The Morgan fingerprint density at radius 3 is 1.79 bits per heavy atom. The van der Waals surface area contributed by atoms with Crippen LogP contribution in [-0.2, 0) is 5.41 Å². The van der Waals surface area contributed by atoms with Crippen molar-refractivity contribution in [2.24, 2.45) is 0 Å². The fourth-order valence-electron chi connectivity index (χ4n) is 7.34. The van der Waals surface area contributed by atoms with Crippen LogP contribution in [0.5, 0.6) is 0 Å². The highest BCUT2D eigenvalue weighted by Gasteiger charge is 2.36. The second kappa shape index (κ2) is 8.44. The van der Waals surface area contributed by atoms with Crippen LogP contribution in [0.2, 0.25) is 0 Å². The molecule has 1 aliphatic rings. The Kier molecular flexibility index (Phi) is 4.73. The van der Waals surface area contributed by atoms with Crippen molar-refractivity contribution < 1.29 is 4.42 Å². The Hall–Kier alpha value is -5.14. The summed E-state index contributed by atoms with van der Waals surface area (Å²) < 4.78 is 6.40. The van der Waals surface area contributed by atoms with E-state index in [9.17, 15) is 0 Å². The molecule has 1 nitrogen and oxygen atoms in total. The van der Waals surface area contributed by atoms with Crippen LogP contribution < -0.4 is 0 Å². The minimum Gasteiger partial charge on any atom is -0.455 e. The number of hydrogen-bond acceptors (Lipinski definition) is 1. The first kappa shape index (κ1) is 23.6. The van der Waals surface area contributed by atoms with E-state index in [1.165, 1.54) is 65.9 Å². The third kappa shape index (κ3) is 3.19.